The number of aryl methyl sites for hydroxylation is 2. The number of nitrogens with zero attached hydrogens (tertiary/aromatic N) is 4. The molecule has 7 nitrogen and oxygen atoms in total. The predicted octanol–water partition coefficient (Wildman–Crippen LogP) is 2.41. The number of amides is 1. The molecular weight excluding hydrogens is 337 g/mol. The van der Waals surface area contributed by atoms with Gasteiger partial charge in [0.25, 0.3) is 11.9 Å². The minimum atomic E-state index is -0.341. The van der Waals surface area contributed by atoms with Crippen molar-refractivity contribution in [3.05, 3.63) is 41.5 Å². The van der Waals surface area contributed by atoms with E-state index in [9.17, 15) is 9.18 Å². The second-order valence-corrected chi connectivity index (χ2v) is 6.64. The molecule has 1 fully saturated rings. The number of nitrogens with one attached hydrogen (secondary N) is 1. The van der Waals surface area contributed by atoms with Gasteiger partial charge >= 0.3 is 0 Å². The molecule has 0 atom stereocenters. The van der Waals surface area contributed by atoms with Crippen molar-refractivity contribution >= 4 is 23.0 Å². The first-order valence-electron chi connectivity index (χ1n) is 8.62. The summed E-state index contributed by atoms with van der Waals surface area (Å²) < 4.78 is 20.6. The first-order valence-corrected chi connectivity index (χ1v) is 8.62. The molecule has 3 aromatic rings. The van der Waals surface area contributed by atoms with E-state index in [0.717, 1.165) is 18.5 Å². The lowest BCUT2D eigenvalue weighted by molar-refractivity contribution is 0.0925. The largest absolute Gasteiger partial charge is 0.423 e. The van der Waals surface area contributed by atoms with E-state index < -0.39 is 0 Å². The highest BCUT2D eigenvalue weighted by Crippen LogP contribution is 2.25. The number of oxazole rings is 1. The molecule has 1 N–H and O–H groups in total. The Morgan fingerprint density at radius 1 is 1.31 bits per heavy atom. The molecule has 1 saturated heterocycles. The van der Waals surface area contributed by atoms with E-state index in [1.165, 1.54) is 12.1 Å². The summed E-state index contributed by atoms with van der Waals surface area (Å²) in [5.41, 5.74) is 2.47. The summed E-state index contributed by atoms with van der Waals surface area (Å²) in [6.45, 7) is 3.33. The maximum atomic E-state index is 13.3. The van der Waals surface area contributed by atoms with Gasteiger partial charge in [-0.05, 0) is 38.0 Å². The molecule has 2 aromatic heterocycles. The van der Waals surface area contributed by atoms with Gasteiger partial charge in [0.15, 0.2) is 5.58 Å². The van der Waals surface area contributed by atoms with Crippen LogP contribution in [-0.2, 0) is 7.05 Å². The maximum Gasteiger partial charge on any atom is 0.298 e. The Hall–Kier alpha value is -2.90. The minimum absolute atomic E-state index is 0.0860. The number of halogens is 1. The van der Waals surface area contributed by atoms with Crippen LogP contribution in [0.1, 0.15) is 29.0 Å². The molecule has 1 aromatic carbocycles. The second-order valence-electron chi connectivity index (χ2n) is 6.64. The number of rotatable bonds is 3. The van der Waals surface area contributed by atoms with Crippen LogP contribution in [0.25, 0.3) is 11.1 Å². The van der Waals surface area contributed by atoms with Gasteiger partial charge in [0, 0.05) is 37.9 Å². The van der Waals surface area contributed by atoms with Gasteiger partial charge in [-0.15, -0.1) is 0 Å². The molecule has 136 valence electrons. The molecule has 0 saturated carbocycles. The molecule has 1 aliphatic heterocycles. The summed E-state index contributed by atoms with van der Waals surface area (Å²) in [5, 5.41) is 7.25. The van der Waals surface area contributed by atoms with Crippen molar-refractivity contribution in [2.24, 2.45) is 7.05 Å². The number of fused-ring (bicyclic) bond motifs is 1. The molecule has 0 bridgehead atoms. The maximum absolute atomic E-state index is 13.3. The van der Waals surface area contributed by atoms with Gasteiger partial charge in [-0.25, -0.2) is 4.39 Å². The third-order valence-corrected chi connectivity index (χ3v) is 4.79. The highest BCUT2D eigenvalue weighted by molar-refractivity contribution is 5.92. The van der Waals surface area contributed by atoms with Crippen LogP contribution in [0.2, 0.25) is 0 Å². The number of carbonyl (C=O) groups is 1. The van der Waals surface area contributed by atoms with Gasteiger partial charge in [-0.2, -0.15) is 10.1 Å². The van der Waals surface area contributed by atoms with Crippen LogP contribution in [-0.4, -0.2) is 39.8 Å². The van der Waals surface area contributed by atoms with Crippen LogP contribution in [0.3, 0.4) is 0 Å². The summed E-state index contributed by atoms with van der Waals surface area (Å²) in [6, 6.07) is 6.68. The molecule has 0 aliphatic carbocycles. The molecule has 8 heteroatoms. The molecule has 26 heavy (non-hydrogen) atoms. The Kier molecular flexibility index (Phi) is 4.10. The topological polar surface area (TPSA) is 76.2 Å². The fourth-order valence-corrected chi connectivity index (χ4v) is 3.17. The predicted molar refractivity (Wildman–Crippen MR) is 94.6 cm³/mol. The van der Waals surface area contributed by atoms with Crippen molar-refractivity contribution < 1.29 is 13.6 Å². The number of aromatic nitrogens is 3. The van der Waals surface area contributed by atoms with Crippen molar-refractivity contribution in [2.45, 2.75) is 25.8 Å². The van der Waals surface area contributed by atoms with E-state index in [-0.39, 0.29) is 17.8 Å². The van der Waals surface area contributed by atoms with Crippen molar-refractivity contribution in [1.29, 1.82) is 0 Å². The van der Waals surface area contributed by atoms with E-state index in [1.807, 2.05) is 18.9 Å². The molecular formula is C18H20FN5O2. The first kappa shape index (κ1) is 16.6. The summed E-state index contributed by atoms with van der Waals surface area (Å²) in [5.74, 6) is -0.490. The molecule has 4 rings (SSSR count). The minimum Gasteiger partial charge on any atom is -0.423 e. The third-order valence-electron chi connectivity index (χ3n) is 4.79. The zero-order chi connectivity index (χ0) is 18.3. The van der Waals surface area contributed by atoms with E-state index in [1.54, 1.807) is 16.8 Å². The average Bonchev–Trinajstić information content (AvgIpc) is 3.19. The molecule has 3 heterocycles. The SMILES string of the molecule is Cc1cc(C(=O)NC2CCN(c3nc4ccc(F)cc4o3)CC2)nn1C. The zero-order valence-corrected chi connectivity index (χ0v) is 14.7. The lowest BCUT2D eigenvalue weighted by Gasteiger charge is -2.31. The molecule has 0 spiro atoms. The third kappa shape index (κ3) is 3.14. The highest BCUT2D eigenvalue weighted by atomic mass is 19.1. The smallest absolute Gasteiger partial charge is 0.298 e. The van der Waals surface area contributed by atoms with Gasteiger partial charge in [0.05, 0.1) is 0 Å². The average molecular weight is 357 g/mol. The zero-order valence-electron chi connectivity index (χ0n) is 14.7. The van der Waals surface area contributed by atoms with Crippen LogP contribution in [0.15, 0.2) is 28.7 Å². The van der Waals surface area contributed by atoms with Crippen molar-refractivity contribution in [2.75, 3.05) is 18.0 Å². The molecule has 0 unspecified atom stereocenters. The Bertz CT molecular complexity index is 936. The van der Waals surface area contributed by atoms with Gasteiger partial charge in [0.1, 0.15) is 17.0 Å². The number of anilines is 1. The van der Waals surface area contributed by atoms with E-state index in [4.69, 9.17) is 4.42 Å². The normalized spacial score (nSPS) is 15.6. The highest BCUT2D eigenvalue weighted by Gasteiger charge is 2.25. The van der Waals surface area contributed by atoms with Crippen LogP contribution in [0.4, 0.5) is 10.4 Å². The van der Waals surface area contributed by atoms with Gasteiger partial charge in [-0.1, -0.05) is 0 Å². The second kappa shape index (κ2) is 6.44. The van der Waals surface area contributed by atoms with Crippen molar-refractivity contribution in [1.82, 2.24) is 20.1 Å². The fraction of sp³-hybridized carbons (Fsp3) is 0.389. The summed E-state index contributed by atoms with van der Waals surface area (Å²) in [6.07, 6.45) is 1.56. The van der Waals surface area contributed by atoms with Crippen molar-refractivity contribution in [3.63, 3.8) is 0 Å². The summed E-state index contributed by atoms with van der Waals surface area (Å²) in [4.78, 5) is 18.7. The van der Waals surface area contributed by atoms with Crippen LogP contribution < -0.4 is 10.2 Å². The standard InChI is InChI=1S/C18H20FN5O2/c1-11-9-15(22-23(11)2)17(25)20-13-5-7-24(8-6-13)18-21-14-4-3-12(19)10-16(14)26-18/h3-4,9-10,13H,5-8H2,1-2H3,(H,20,25). The monoisotopic (exact) mass is 357 g/mol. The Morgan fingerprint density at radius 3 is 2.77 bits per heavy atom. The van der Waals surface area contributed by atoms with Crippen molar-refractivity contribution in [3.8, 4) is 0 Å². The van der Waals surface area contributed by atoms with E-state index in [2.05, 4.69) is 15.4 Å². The molecule has 1 aliphatic rings. The lowest BCUT2D eigenvalue weighted by Crippen LogP contribution is -2.45. The number of piperidine rings is 1. The summed E-state index contributed by atoms with van der Waals surface area (Å²) in [7, 11) is 1.82. The quantitative estimate of drug-likeness (QED) is 0.779. The Labute approximate surface area is 149 Å². The van der Waals surface area contributed by atoms with Crippen LogP contribution in [0.5, 0.6) is 0 Å². The number of benzene rings is 1. The van der Waals surface area contributed by atoms with E-state index >= 15 is 0 Å². The number of hydrogen-bond acceptors (Lipinski definition) is 5. The number of carbonyl (C=O) groups excluding carboxylic acids is 1. The van der Waals surface area contributed by atoms with Gasteiger partial charge in [-0.3, -0.25) is 9.48 Å². The van der Waals surface area contributed by atoms with Gasteiger partial charge < -0.3 is 14.6 Å². The Morgan fingerprint density at radius 2 is 2.08 bits per heavy atom. The summed E-state index contributed by atoms with van der Waals surface area (Å²) >= 11 is 0. The first-order chi connectivity index (χ1) is 12.5. The van der Waals surface area contributed by atoms with Crippen LogP contribution in [0, 0.1) is 12.7 Å². The number of hydrogen-bond donors (Lipinski definition) is 1. The Balaban J connectivity index is 1.38. The lowest BCUT2D eigenvalue weighted by atomic mass is 10.1. The molecule has 0 radical (unpaired) electrons. The van der Waals surface area contributed by atoms with E-state index in [0.29, 0.717) is 35.9 Å². The van der Waals surface area contributed by atoms with Crippen LogP contribution >= 0.6 is 0 Å². The fourth-order valence-electron chi connectivity index (χ4n) is 3.17. The van der Waals surface area contributed by atoms with Gasteiger partial charge in [0.2, 0.25) is 0 Å². The molecule has 1 amide bonds.